The zero-order valence-electron chi connectivity index (χ0n) is 16.3. The molecule has 5 nitrogen and oxygen atoms in total. The highest BCUT2D eigenvalue weighted by atomic mass is 35.5. The fraction of sp³-hybridized carbons (Fsp3) is 0.273. The van der Waals surface area contributed by atoms with Crippen LogP contribution in [0.25, 0.3) is 0 Å². The van der Waals surface area contributed by atoms with E-state index in [4.69, 9.17) is 49.6 Å². The molecule has 1 heterocycles. The number of carbonyl (C=O) groups is 1. The van der Waals surface area contributed by atoms with Crippen LogP contribution >= 0.6 is 35.4 Å². The zero-order chi connectivity index (χ0) is 21.7. The van der Waals surface area contributed by atoms with Gasteiger partial charge < -0.3 is 19.5 Å². The molecule has 2 aromatic carbocycles. The van der Waals surface area contributed by atoms with E-state index in [1.165, 1.54) is 0 Å². The van der Waals surface area contributed by atoms with Gasteiger partial charge in [0.15, 0.2) is 0 Å². The van der Waals surface area contributed by atoms with E-state index < -0.39 is 18.2 Å². The number of rotatable bonds is 7. The molecule has 0 spiro atoms. The Morgan fingerprint density at radius 3 is 2.83 bits per heavy atom. The first kappa shape index (κ1) is 22.6. The fourth-order valence-corrected chi connectivity index (χ4v) is 3.83. The summed E-state index contributed by atoms with van der Waals surface area (Å²) in [5.74, 6) is 0.103. The van der Waals surface area contributed by atoms with E-state index in [2.05, 4.69) is 11.9 Å². The van der Waals surface area contributed by atoms with E-state index in [1.807, 2.05) is 18.2 Å². The van der Waals surface area contributed by atoms with Gasteiger partial charge in [-0.1, -0.05) is 60.2 Å². The van der Waals surface area contributed by atoms with Gasteiger partial charge in [-0.05, 0) is 31.2 Å². The predicted molar refractivity (Wildman–Crippen MR) is 123 cm³/mol. The Bertz CT molecular complexity index is 966. The highest BCUT2D eigenvalue weighted by molar-refractivity contribution is 7.80. The first-order chi connectivity index (χ1) is 14.4. The minimum absolute atomic E-state index is 0.0256. The second-order valence-electron chi connectivity index (χ2n) is 6.49. The van der Waals surface area contributed by atoms with Crippen molar-refractivity contribution in [1.82, 2.24) is 0 Å². The maximum atomic E-state index is 12.1. The second kappa shape index (κ2) is 10.3. The number of benzene rings is 2. The van der Waals surface area contributed by atoms with Crippen molar-refractivity contribution in [1.29, 1.82) is 0 Å². The molecular weight excluding hydrogens is 445 g/mol. The summed E-state index contributed by atoms with van der Waals surface area (Å²) in [5.41, 5.74) is 2.15. The van der Waals surface area contributed by atoms with Crippen LogP contribution in [0.2, 0.25) is 10.0 Å². The Hall–Kier alpha value is -2.12. The average Bonchev–Trinajstić information content (AvgIpc) is 2.84. The molecule has 0 aliphatic carbocycles. The third-order valence-corrected chi connectivity index (χ3v) is 5.44. The van der Waals surface area contributed by atoms with Crippen LogP contribution in [-0.4, -0.2) is 30.3 Å². The van der Waals surface area contributed by atoms with Crippen molar-refractivity contribution in [2.75, 3.05) is 18.5 Å². The number of ether oxygens (including phenoxy) is 3. The van der Waals surface area contributed by atoms with Gasteiger partial charge in [0.1, 0.15) is 29.6 Å². The third kappa shape index (κ3) is 5.13. The summed E-state index contributed by atoms with van der Waals surface area (Å²) >= 11 is 18.4. The number of hydrogen-bond acceptors (Lipinski definition) is 5. The topological polar surface area (TPSA) is 56.8 Å². The number of anilines is 1. The number of halogens is 2. The molecule has 2 aromatic rings. The molecule has 1 aliphatic heterocycles. The first-order valence-corrected chi connectivity index (χ1v) is 10.5. The minimum Gasteiger partial charge on any atom is -0.488 e. The van der Waals surface area contributed by atoms with Crippen LogP contribution in [0.5, 0.6) is 5.75 Å². The van der Waals surface area contributed by atoms with Gasteiger partial charge in [0, 0.05) is 21.8 Å². The largest absolute Gasteiger partial charge is 0.488 e. The predicted octanol–water partition coefficient (Wildman–Crippen LogP) is 5.74. The van der Waals surface area contributed by atoms with Crippen molar-refractivity contribution in [3.05, 3.63) is 70.2 Å². The molecular formula is C22H21Cl2NO4S. The van der Waals surface area contributed by atoms with E-state index in [0.29, 0.717) is 33.0 Å². The number of nitrogens with one attached hydrogen (secondary N) is 1. The Labute approximate surface area is 190 Å². The van der Waals surface area contributed by atoms with Crippen LogP contribution < -0.4 is 10.1 Å². The fourth-order valence-electron chi connectivity index (χ4n) is 3.12. The highest BCUT2D eigenvalue weighted by Crippen LogP contribution is 2.42. The standard InChI is InChI=1S/C22H21Cl2NO4S/c1-3-10-28-17-7-5-6-14(20(17)24)21-15-11-13(23)8-9-16(15)25-22(30)18(29-21)12-19(26)27-4-2/h3,5-9,11,18,21H,1,4,10,12H2,2H3,(H,25,30)/t18-,21-/m1/s1. The summed E-state index contributed by atoms with van der Waals surface area (Å²) < 4.78 is 17.1. The molecule has 0 saturated heterocycles. The normalized spacial score (nSPS) is 18.0. The van der Waals surface area contributed by atoms with Gasteiger partial charge in [-0.25, -0.2) is 0 Å². The highest BCUT2D eigenvalue weighted by Gasteiger charge is 2.33. The number of thiocarbonyl (C=S) groups is 1. The lowest BCUT2D eigenvalue weighted by Gasteiger charge is -2.24. The van der Waals surface area contributed by atoms with E-state index >= 15 is 0 Å². The monoisotopic (exact) mass is 465 g/mol. The maximum Gasteiger partial charge on any atom is 0.308 e. The number of fused-ring (bicyclic) bond motifs is 1. The smallest absolute Gasteiger partial charge is 0.308 e. The lowest BCUT2D eigenvalue weighted by Crippen LogP contribution is -2.31. The number of esters is 1. The molecule has 0 amide bonds. The zero-order valence-corrected chi connectivity index (χ0v) is 18.7. The molecule has 3 rings (SSSR count). The van der Waals surface area contributed by atoms with E-state index in [9.17, 15) is 4.79 Å². The van der Waals surface area contributed by atoms with E-state index in [-0.39, 0.29) is 13.0 Å². The summed E-state index contributed by atoms with van der Waals surface area (Å²) in [6.45, 7) is 6.00. The van der Waals surface area contributed by atoms with Gasteiger partial charge in [0.2, 0.25) is 0 Å². The van der Waals surface area contributed by atoms with E-state index in [0.717, 1.165) is 11.3 Å². The van der Waals surface area contributed by atoms with Crippen LogP contribution in [0.4, 0.5) is 5.69 Å². The summed E-state index contributed by atoms with van der Waals surface area (Å²) in [4.78, 5) is 12.5. The molecule has 0 bridgehead atoms. The molecule has 1 N–H and O–H groups in total. The average molecular weight is 466 g/mol. The molecule has 0 saturated carbocycles. The quantitative estimate of drug-likeness (QED) is 0.319. The van der Waals surface area contributed by atoms with Crippen molar-refractivity contribution in [3.8, 4) is 5.75 Å². The first-order valence-electron chi connectivity index (χ1n) is 9.38. The number of carbonyl (C=O) groups excluding carboxylic acids is 1. The lowest BCUT2D eigenvalue weighted by molar-refractivity contribution is -0.145. The van der Waals surface area contributed by atoms with Gasteiger partial charge in [-0.2, -0.15) is 0 Å². The van der Waals surface area contributed by atoms with Gasteiger partial charge in [0.05, 0.1) is 18.1 Å². The van der Waals surface area contributed by atoms with Crippen LogP contribution in [-0.2, 0) is 14.3 Å². The molecule has 1 aliphatic rings. The molecule has 0 fully saturated rings. The number of hydrogen-bond donors (Lipinski definition) is 1. The van der Waals surface area contributed by atoms with Gasteiger partial charge >= 0.3 is 5.97 Å². The van der Waals surface area contributed by atoms with Crippen LogP contribution in [0, 0.1) is 0 Å². The molecule has 2 atom stereocenters. The maximum absolute atomic E-state index is 12.1. The lowest BCUT2D eigenvalue weighted by atomic mass is 9.99. The Balaban J connectivity index is 2.05. The molecule has 0 aromatic heterocycles. The van der Waals surface area contributed by atoms with Crippen molar-refractivity contribution in [2.24, 2.45) is 0 Å². The van der Waals surface area contributed by atoms with E-state index in [1.54, 1.807) is 31.2 Å². The second-order valence-corrected chi connectivity index (χ2v) is 7.75. The summed E-state index contributed by atoms with van der Waals surface area (Å²) in [5, 5.41) is 4.10. The van der Waals surface area contributed by atoms with Gasteiger partial charge in [-0.3, -0.25) is 4.79 Å². The Morgan fingerprint density at radius 2 is 2.10 bits per heavy atom. The molecule has 8 heteroatoms. The van der Waals surface area contributed by atoms with Crippen LogP contribution in [0.1, 0.15) is 30.6 Å². The Morgan fingerprint density at radius 1 is 1.30 bits per heavy atom. The van der Waals surface area contributed by atoms with Crippen molar-refractivity contribution in [3.63, 3.8) is 0 Å². The minimum atomic E-state index is -0.705. The van der Waals surface area contributed by atoms with Crippen LogP contribution in [0.3, 0.4) is 0 Å². The van der Waals surface area contributed by atoms with Gasteiger partial charge in [-0.15, -0.1) is 0 Å². The SMILES string of the molecule is C=CCOc1cccc([C@H]2O[C@H](CC(=O)OCC)C(=S)Nc3ccc(Cl)cc32)c1Cl. The molecule has 0 radical (unpaired) electrons. The molecule has 158 valence electrons. The third-order valence-electron chi connectivity index (χ3n) is 4.44. The molecule has 0 unspecified atom stereocenters. The van der Waals surface area contributed by atoms with Crippen molar-refractivity contribution < 1.29 is 19.0 Å². The van der Waals surface area contributed by atoms with Crippen LogP contribution in [0.15, 0.2) is 49.1 Å². The van der Waals surface area contributed by atoms with Gasteiger partial charge in [0.25, 0.3) is 0 Å². The Kier molecular flexibility index (Phi) is 7.72. The van der Waals surface area contributed by atoms with Crippen molar-refractivity contribution in [2.45, 2.75) is 25.6 Å². The van der Waals surface area contributed by atoms with Crippen molar-refractivity contribution >= 4 is 52.1 Å². The summed E-state index contributed by atoms with van der Waals surface area (Å²) in [7, 11) is 0. The molecule has 30 heavy (non-hydrogen) atoms. The summed E-state index contributed by atoms with van der Waals surface area (Å²) in [6.07, 6.45) is 0.273. The summed E-state index contributed by atoms with van der Waals surface area (Å²) in [6, 6.07) is 10.8.